The van der Waals surface area contributed by atoms with E-state index in [0.717, 1.165) is 29.9 Å². The van der Waals surface area contributed by atoms with Crippen LogP contribution in [0, 0.1) is 0 Å². The van der Waals surface area contributed by atoms with Gasteiger partial charge in [-0.2, -0.15) is 8.78 Å². The van der Waals surface area contributed by atoms with Crippen LogP contribution in [0.3, 0.4) is 0 Å². The highest BCUT2D eigenvalue weighted by molar-refractivity contribution is 7.92. The van der Waals surface area contributed by atoms with Gasteiger partial charge in [-0.1, -0.05) is 0 Å². The number of halogens is 2. The summed E-state index contributed by atoms with van der Waals surface area (Å²) in [5.41, 5.74) is 1.41. The molecule has 154 valence electrons. The fourth-order valence-electron chi connectivity index (χ4n) is 2.70. The average molecular weight is 441 g/mol. The number of rotatable bonds is 8. The van der Waals surface area contributed by atoms with E-state index < -0.39 is 22.3 Å². The standard InChI is InChI=1S/C17H17F2N5O3S2/c1-2-29(25,26)24(11-5-6-12(20-7-11)10-3-4-10)9-14-21-8-13(28-14)16-22-23-17(27-16)15(18)19/h5-8,10,15H,2-4,9H2,1H3. The first-order valence-electron chi connectivity index (χ1n) is 8.90. The minimum absolute atomic E-state index is 0.0128. The molecule has 0 atom stereocenters. The molecule has 8 nitrogen and oxygen atoms in total. The Morgan fingerprint density at radius 2 is 2.03 bits per heavy atom. The quantitative estimate of drug-likeness (QED) is 0.524. The molecule has 0 aliphatic heterocycles. The maximum atomic E-state index is 12.6. The van der Waals surface area contributed by atoms with Gasteiger partial charge in [-0.15, -0.1) is 21.5 Å². The molecule has 1 aliphatic carbocycles. The van der Waals surface area contributed by atoms with Crippen molar-refractivity contribution in [1.82, 2.24) is 20.2 Å². The molecular formula is C17H17F2N5O3S2. The Bertz CT molecular complexity index is 1090. The van der Waals surface area contributed by atoms with Gasteiger partial charge in [0.1, 0.15) is 9.88 Å². The SMILES string of the molecule is CCS(=O)(=O)N(Cc1ncc(-c2nnc(C(F)F)o2)s1)c1ccc(C2CC2)nc1. The van der Waals surface area contributed by atoms with Gasteiger partial charge in [0, 0.05) is 11.6 Å². The zero-order chi connectivity index (χ0) is 20.6. The van der Waals surface area contributed by atoms with Crippen molar-refractivity contribution < 1.29 is 21.6 Å². The maximum Gasteiger partial charge on any atom is 0.314 e. The van der Waals surface area contributed by atoms with Crippen LogP contribution in [0.4, 0.5) is 14.5 Å². The number of aromatic nitrogens is 4. The Labute approximate surface area is 169 Å². The molecule has 0 amide bonds. The van der Waals surface area contributed by atoms with Crippen molar-refractivity contribution in [3.63, 3.8) is 0 Å². The smallest absolute Gasteiger partial charge is 0.314 e. The highest BCUT2D eigenvalue weighted by atomic mass is 32.2. The fourth-order valence-corrected chi connectivity index (χ4v) is 4.67. The molecule has 1 fully saturated rings. The number of sulfonamides is 1. The van der Waals surface area contributed by atoms with Gasteiger partial charge >= 0.3 is 6.43 Å². The van der Waals surface area contributed by atoms with Crippen LogP contribution in [0.15, 0.2) is 28.9 Å². The number of alkyl halides is 2. The molecule has 0 radical (unpaired) electrons. The molecule has 3 heterocycles. The highest BCUT2D eigenvalue weighted by Crippen LogP contribution is 2.39. The minimum atomic E-state index is -3.58. The van der Waals surface area contributed by atoms with Gasteiger partial charge in [-0.05, 0) is 31.9 Å². The van der Waals surface area contributed by atoms with Gasteiger partial charge in [-0.25, -0.2) is 13.4 Å². The first kappa shape index (κ1) is 19.8. The molecular weight excluding hydrogens is 424 g/mol. The molecule has 1 aliphatic rings. The van der Waals surface area contributed by atoms with Crippen LogP contribution in [-0.2, 0) is 16.6 Å². The number of anilines is 1. The van der Waals surface area contributed by atoms with Crippen molar-refractivity contribution in [1.29, 1.82) is 0 Å². The average Bonchev–Trinajstić information content (AvgIpc) is 3.25. The number of hydrogen-bond donors (Lipinski definition) is 0. The summed E-state index contributed by atoms with van der Waals surface area (Å²) in [5, 5.41) is 7.33. The third-order valence-electron chi connectivity index (χ3n) is 4.43. The van der Waals surface area contributed by atoms with Gasteiger partial charge in [0.2, 0.25) is 10.0 Å². The Kier molecular flexibility index (Phi) is 5.30. The van der Waals surface area contributed by atoms with E-state index in [1.54, 1.807) is 19.2 Å². The zero-order valence-corrected chi connectivity index (χ0v) is 17.0. The van der Waals surface area contributed by atoms with Crippen molar-refractivity contribution in [2.45, 2.75) is 38.7 Å². The van der Waals surface area contributed by atoms with Crippen molar-refractivity contribution >= 4 is 27.0 Å². The summed E-state index contributed by atoms with van der Waals surface area (Å²) in [5.74, 6) is -0.470. The number of nitrogens with zero attached hydrogens (tertiary/aromatic N) is 5. The zero-order valence-electron chi connectivity index (χ0n) is 15.3. The first-order chi connectivity index (χ1) is 13.9. The topological polar surface area (TPSA) is 102 Å². The van der Waals surface area contributed by atoms with Crippen molar-refractivity contribution in [3.8, 4) is 10.8 Å². The molecule has 0 saturated heterocycles. The van der Waals surface area contributed by atoms with Gasteiger partial charge in [-0.3, -0.25) is 9.29 Å². The molecule has 29 heavy (non-hydrogen) atoms. The lowest BCUT2D eigenvalue weighted by molar-refractivity contribution is 0.116. The van der Waals surface area contributed by atoms with E-state index in [4.69, 9.17) is 4.42 Å². The van der Waals surface area contributed by atoms with Gasteiger partial charge in [0.25, 0.3) is 11.8 Å². The summed E-state index contributed by atoms with van der Waals surface area (Å²) in [6.07, 6.45) is 2.30. The van der Waals surface area contributed by atoms with E-state index in [1.165, 1.54) is 10.5 Å². The normalized spacial score (nSPS) is 14.5. The third-order valence-corrected chi connectivity index (χ3v) is 7.14. The predicted molar refractivity (Wildman–Crippen MR) is 102 cm³/mol. The predicted octanol–water partition coefficient (Wildman–Crippen LogP) is 3.76. The lowest BCUT2D eigenvalue weighted by atomic mass is 10.2. The summed E-state index contributed by atoms with van der Waals surface area (Å²) in [7, 11) is -3.58. The van der Waals surface area contributed by atoms with Crippen LogP contribution in [0.25, 0.3) is 10.8 Å². The molecule has 3 aromatic rings. The van der Waals surface area contributed by atoms with Crippen LogP contribution in [0.5, 0.6) is 0 Å². The Morgan fingerprint density at radius 3 is 2.62 bits per heavy atom. The summed E-state index contributed by atoms with van der Waals surface area (Å²) in [6.45, 7) is 1.55. The summed E-state index contributed by atoms with van der Waals surface area (Å²) < 4.78 is 56.7. The van der Waals surface area contributed by atoms with Crippen LogP contribution in [-0.4, -0.2) is 34.3 Å². The largest absolute Gasteiger partial charge is 0.414 e. The fraction of sp³-hybridized carbons (Fsp3) is 0.412. The van der Waals surface area contributed by atoms with Crippen molar-refractivity contribution in [3.05, 3.63) is 41.1 Å². The molecule has 0 aromatic carbocycles. The van der Waals surface area contributed by atoms with E-state index in [-0.39, 0.29) is 18.2 Å². The van der Waals surface area contributed by atoms with Gasteiger partial charge in [0.15, 0.2) is 0 Å². The molecule has 1 saturated carbocycles. The summed E-state index contributed by atoms with van der Waals surface area (Å²) in [4.78, 5) is 8.97. The third kappa shape index (κ3) is 4.27. The van der Waals surface area contributed by atoms with Gasteiger partial charge in [0.05, 0.1) is 30.4 Å². The summed E-state index contributed by atoms with van der Waals surface area (Å²) >= 11 is 1.10. The van der Waals surface area contributed by atoms with Crippen molar-refractivity contribution in [2.75, 3.05) is 10.1 Å². The van der Waals surface area contributed by atoms with E-state index in [1.807, 2.05) is 6.07 Å². The highest BCUT2D eigenvalue weighted by Gasteiger charge is 2.27. The molecule has 12 heteroatoms. The molecule has 0 unspecified atom stereocenters. The van der Waals surface area contributed by atoms with Crippen LogP contribution < -0.4 is 4.31 Å². The Hall–Kier alpha value is -2.47. The molecule has 0 bridgehead atoms. The second-order valence-corrected chi connectivity index (χ2v) is 9.78. The van der Waals surface area contributed by atoms with Crippen LogP contribution in [0.1, 0.15) is 48.7 Å². The van der Waals surface area contributed by atoms with Gasteiger partial charge < -0.3 is 4.42 Å². The molecule has 0 N–H and O–H groups in total. The van der Waals surface area contributed by atoms with E-state index in [0.29, 0.717) is 21.5 Å². The maximum absolute atomic E-state index is 12.6. The van der Waals surface area contributed by atoms with Crippen LogP contribution >= 0.6 is 11.3 Å². The monoisotopic (exact) mass is 441 g/mol. The Morgan fingerprint density at radius 1 is 1.24 bits per heavy atom. The Balaban J connectivity index is 1.58. The number of thiazole rings is 1. The lowest BCUT2D eigenvalue weighted by Gasteiger charge is -2.22. The number of pyridine rings is 1. The minimum Gasteiger partial charge on any atom is -0.414 e. The lowest BCUT2D eigenvalue weighted by Crippen LogP contribution is -2.31. The van der Waals surface area contributed by atoms with E-state index >= 15 is 0 Å². The molecule has 0 spiro atoms. The molecule has 3 aromatic heterocycles. The van der Waals surface area contributed by atoms with Crippen LogP contribution in [0.2, 0.25) is 0 Å². The second kappa shape index (κ2) is 7.75. The number of hydrogen-bond acceptors (Lipinski definition) is 8. The first-order valence-corrected chi connectivity index (χ1v) is 11.3. The summed E-state index contributed by atoms with van der Waals surface area (Å²) in [6, 6.07) is 3.60. The van der Waals surface area contributed by atoms with E-state index in [2.05, 4.69) is 20.2 Å². The van der Waals surface area contributed by atoms with Crippen molar-refractivity contribution in [2.24, 2.45) is 0 Å². The van der Waals surface area contributed by atoms with E-state index in [9.17, 15) is 17.2 Å². The second-order valence-electron chi connectivity index (χ2n) is 6.49. The molecule has 4 rings (SSSR count).